The van der Waals surface area contributed by atoms with E-state index in [1.165, 1.54) is 12.1 Å². The number of hydrogen-bond donors (Lipinski definition) is 3. The molecule has 0 aliphatic heterocycles. The van der Waals surface area contributed by atoms with Crippen molar-refractivity contribution in [1.82, 2.24) is 5.32 Å². The van der Waals surface area contributed by atoms with Crippen LogP contribution < -0.4 is 10.6 Å². The highest BCUT2D eigenvalue weighted by Crippen LogP contribution is 2.44. The first-order chi connectivity index (χ1) is 8.89. The van der Waals surface area contributed by atoms with Crippen LogP contribution in [-0.2, 0) is 0 Å². The largest absolute Gasteiger partial charge is 0.478 e. The molecule has 0 saturated heterocycles. The molecule has 1 saturated carbocycles. The molecule has 19 heavy (non-hydrogen) atoms. The van der Waals surface area contributed by atoms with E-state index in [0.29, 0.717) is 12.2 Å². The highest BCUT2D eigenvalue weighted by Gasteiger charge is 2.37. The lowest BCUT2D eigenvalue weighted by atomic mass is 10.1. The number of rotatable bonds is 4. The molecule has 1 fully saturated rings. The summed E-state index contributed by atoms with van der Waals surface area (Å²) in [7, 11) is 0. The number of anilines is 1. The number of carboxylic acids is 1. The summed E-state index contributed by atoms with van der Waals surface area (Å²) in [5, 5.41) is 14.4. The molecule has 0 spiro atoms. The van der Waals surface area contributed by atoms with Gasteiger partial charge in [-0.25, -0.2) is 9.59 Å². The smallest absolute Gasteiger partial charge is 0.337 e. The Morgan fingerprint density at radius 2 is 2.11 bits per heavy atom. The second-order valence-electron chi connectivity index (χ2n) is 5.12. The molecule has 0 atom stereocenters. The molecule has 1 aliphatic rings. The molecule has 5 nitrogen and oxygen atoms in total. The summed E-state index contributed by atoms with van der Waals surface area (Å²) in [4.78, 5) is 22.6. The van der Waals surface area contributed by atoms with Crippen LogP contribution in [-0.4, -0.2) is 23.7 Å². The maximum Gasteiger partial charge on any atom is 0.337 e. The Hall–Kier alpha value is -1.75. The number of amides is 2. The van der Waals surface area contributed by atoms with Crippen LogP contribution in [0.25, 0.3) is 0 Å². The molecule has 0 unspecified atom stereocenters. The summed E-state index contributed by atoms with van der Waals surface area (Å²) in [6.07, 6.45) is 2.24. The minimum atomic E-state index is -1.13. The van der Waals surface area contributed by atoms with Gasteiger partial charge in [-0.2, -0.15) is 0 Å². The minimum Gasteiger partial charge on any atom is -0.478 e. The van der Waals surface area contributed by atoms with Crippen molar-refractivity contribution in [2.24, 2.45) is 5.41 Å². The third kappa shape index (κ3) is 3.61. The SMILES string of the molecule is CC1(CNC(=O)Nc2ccc(Cl)c(C(=O)O)c2)CC1. The summed E-state index contributed by atoms with van der Waals surface area (Å²) in [6.45, 7) is 2.73. The Morgan fingerprint density at radius 1 is 1.42 bits per heavy atom. The van der Waals surface area contributed by atoms with Crippen molar-refractivity contribution >= 4 is 29.3 Å². The number of nitrogens with one attached hydrogen (secondary N) is 2. The van der Waals surface area contributed by atoms with Gasteiger partial charge in [-0.05, 0) is 36.5 Å². The number of carbonyl (C=O) groups excluding carboxylic acids is 1. The first-order valence-corrected chi connectivity index (χ1v) is 6.35. The van der Waals surface area contributed by atoms with Gasteiger partial charge in [0, 0.05) is 12.2 Å². The van der Waals surface area contributed by atoms with Crippen LogP contribution in [0.4, 0.5) is 10.5 Å². The van der Waals surface area contributed by atoms with E-state index < -0.39 is 5.97 Å². The quantitative estimate of drug-likeness (QED) is 0.794. The Morgan fingerprint density at radius 3 is 2.68 bits per heavy atom. The summed E-state index contributed by atoms with van der Waals surface area (Å²) >= 11 is 5.75. The fraction of sp³-hybridized carbons (Fsp3) is 0.385. The Kier molecular flexibility index (Phi) is 3.66. The van der Waals surface area contributed by atoms with Gasteiger partial charge in [0.05, 0.1) is 10.6 Å². The van der Waals surface area contributed by atoms with Gasteiger partial charge in [0.25, 0.3) is 0 Å². The van der Waals surface area contributed by atoms with Crippen LogP contribution in [0.2, 0.25) is 5.02 Å². The zero-order valence-electron chi connectivity index (χ0n) is 10.5. The highest BCUT2D eigenvalue weighted by atomic mass is 35.5. The molecule has 0 heterocycles. The van der Waals surface area contributed by atoms with E-state index in [2.05, 4.69) is 17.6 Å². The monoisotopic (exact) mass is 282 g/mol. The second kappa shape index (κ2) is 5.09. The molecule has 2 rings (SSSR count). The van der Waals surface area contributed by atoms with Crippen LogP contribution in [0.15, 0.2) is 18.2 Å². The standard InChI is InChI=1S/C13H15ClN2O3/c1-13(4-5-13)7-15-12(19)16-8-2-3-10(14)9(6-8)11(17)18/h2-3,6H,4-5,7H2,1H3,(H,17,18)(H2,15,16,19). The Labute approximate surface area is 116 Å². The molecular weight excluding hydrogens is 268 g/mol. The number of aromatic carboxylic acids is 1. The normalized spacial score (nSPS) is 15.7. The molecule has 102 valence electrons. The van der Waals surface area contributed by atoms with Crippen molar-refractivity contribution in [3.63, 3.8) is 0 Å². The molecule has 1 aliphatic carbocycles. The summed E-state index contributed by atoms with van der Waals surface area (Å²) < 4.78 is 0. The number of carboxylic acid groups (broad SMARTS) is 1. The van der Waals surface area contributed by atoms with Crippen molar-refractivity contribution in [2.45, 2.75) is 19.8 Å². The third-order valence-electron chi connectivity index (χ3n) is 3.23. The van der Waals surface area contributed by atoms with Crippen LogP contribution in [0.1, 0.15) is 30.1 Å². The average molecular weight is 283 g/mol. The van der Waals surface area contributed by atoms with E-state index in [4.69, 9.17) is 16.7 Å². The van der Waals surface area contributed by atoms with E-state index in [1.54, 1.807) is 6.07 Å². The lowest BCUT2D eigenvalue weighted by Gasteiger charge is -2.11. The zero-order valence-corrected chi connectivity index (χ0v) is 11.3. The first-order valence-electron chi connectivity index (χ1n) is 5.97. The van der Waals surface area contributed by atoms with Gasteiger partial charge in [0.15, 0.2) is 0 Å². The topological polar surface area (TPSA) is 78.4 Å². The summed E-state index contributed by atoms with van der Waals surface area (Å²) in [5.74, 6) is -1.13. The molecule has 0 bridgehead atoms. The highest BCUT2D eigenvalue weighted by molar-refractivity contribution is 6.33. The minimum absolute atomic E-state index is 0.0337. The van der Waals surface area contributed by atoms with Crippen molar-refractivity contribution in [2.75, 3.05) is 11.9 Å². The lowest BCUT2D eigenvalue weighted by Crippen LogP contribution is -2.33. The predicted molar refractivity (Wildman–Crippen MR) is 72.8 cm³/mol. The zero-order chi connectivity index (χ0) is 14.0. The van der Waals surface area contributed by atoms with Crippen LogP contribution in [0.3, 0.4) is 0 Å². The van der Waals surface area contributed by atoms with Crippen molar-refractivity contribution in [1.29, 1.82) is 0 Å². The van der Waals surface area contributed by atoms with Gasteiger partial charge in [-0.1, -0.05) is 18.5 Å². The fourth-order valence-electron chi connectivity index (χ4n) is 1.63. The molecule has 6 heteroatoms. The maximum absolute atomic E-state index is 11.7. The van der Waals surface area contributed by atoms with E-state index in [1.807, 2.05) is 0 Å². The van der Waals surface area contributed by atoms with E-state index in [9.17, 15) is 9.59 Å². The van der Waals surface area contributed by atoms with Gasteiger partial charge < -0.3 is 15.7 Å². The Balaban J connectivity index is 1.96. The van der Waals surface area contributed by atoms with Crippen LogP contribution in [0, 0.1) is 5.41 Å². The fourth-order valence-corrected chi connectivity index (χ4v) is 1.82. The first kappa shape index (κ1) is 13.7. The van der Waals surface area contributed by atoms with Crippen molar-refractivity contribution in [3.8, 4) is 0 Å². The number of urea groups is 1. The van der Waals surface area contributed by atoms with Crippen LogP contribution >= 0.6 is 11.6 Å². The molecule has 1 aromatic rings. The maximum atomic E-state index is 11.7. The second-order valence-corrected chi connectivity index (χ2v) is 5.53. The number of carbonyl (C=O) groups is 2. The summed E-state index contributed by atoms with van der Waals surface area (Å²) in [6, 6.07) is 4.01. The third-order valence-corrected chi connectivity index (χ3v) is 3.56. The van der Waals surface area contributed by atoms with Crippen LogP contribution in [0.5, 0.6) is 0 Å². The molecule has 0 radical (unpaired) electrons. The van der Waals surface area contributed by atoms with Gasteiger partial charge in [-0.15, -0.1) is 0 Å². The van der Waals surface area contributed by atoms with Gasteiger partial charge >= 0.3 is 12.0 Å². The number of hydrogen-bond acceptors (Lipinski definition) is 2. The van der Waals surface area contributed by atoms with Gasteiger partial charge in [0.1, 0.15) is 0 Å². The summed E-state index contributed by atoms with van der Waals surface area (Å²) in [5.41, 5.74) is 0.595. The molecule has 0 aromatic heterocycles. The molecule has 2 amide bonds. The molecular formula is C13H15ClN2O3. The lowest BCUT2D eigenvalue weighted by molar-refractivity contribution is 0.0697. The number of benzene rings is 1. The van der Waals surface area contributed by atoms with E-state index in [0.717, 1.165) is 12.8 Å². The molecule has 1 aromatic carbocycles. The van der Waals surface area contributed by atoms with Gasteiger partial charge in [-0.3, -0.25) is 0 Å². The van der Waals surface area contributed by atoms with Crippen molar-refractivity contribution in [3.05, 3.63) is 28.8 Å². The molecule has 3 N–H and O–H groups in total. The number of halogens is 1. The van der Waals surface area contributed by atoms with Gasteiger partial charge in [0.2, 0.25) is 0 Å². The average Bonchev–Trinajstić information content (AvgIpc) is 3.08. The van der Waals surface area contributed by atoms with E-state index >= 15 is 0 Å². The predicted octanol–water partition coefficient (Wildman–Crippen LogP) is 2.96. The van der Waals surface area contributed by atoms with Crippen molar-refractivity contribution < 1.29 is 14.7 Å². The Bertz CT molecular complexity index is 527. The van der Waals surface area contributed by atoms with E-state index in [-0.39, 0.29) is 22.0 Å².